The summed E-state index contributed by atoms with van der Waals surface area (Å²) in [4.78, 5) is 11.7. The Hall–Kier alpha value is -1.55. The lowest BCUT2D eigenvalue weighted by Crippen LogP contribution is -2.53. The number of amides is 1. The Morgan fingerprint density at radius 1 is 1.19 bits per heavy atom. The van der Waals surface area contributed by atoms with Gasteiger partial charge in [-0.2, -0.15) is 0 Å². The molecule has 0 bridgehead atoms. The van der Waals surface area contributed by atoms with E-state index in [4.69, 9.17) is 4.74 Å². The maximum absolute atomic E-state index is 11.7. The number of carbonyl (C=O) groups is 1. The van der Waals surface area contributed by atoms with Gasteiger partial charge in [0.25, 0.3) is 0 Å². The monoisotopic (exact) mass is 290 g/mol. The van der Waals surface area contributed by atoms with E-state index in [-0.39, 0.29) is 12.1 Å². The first-order valence-electron chi connectivity index (χ1n) is 7.64. The molecule has 0 aromatic heterocycles. The molecule has 0 aliphatic heterocycles. The highest BCUT2D eigenvalue weighted by Gasteiger charge is 2.32. The largest absolute Gasteiger partial charge is 0.444 e. The SMILES string of the molecule is CC(NC1CC(NC(=O)OC(C)(C)C)C1)c1ccccc1. The van der Waals surface area contributed by atoms with Crippen LogP contribution >= 0.6 is 0 Å². The second kappa shape index (κ2) is 6.48. The van der Waals surface area contributed by atoms with Crippen LogP contribution in [0.4, 0.5) is 4.79 Å². The summed E-state index contributed by atoms with van der Waals surface area (Å²) in [6.07, 6.45) is 1.59. The van der Waals surface area contributed by atoms with Gasteiger partial charge >= 0.3 is 6.09 Å². The fourth-order valence-electron chi connectivity index (χ4n) is 2.54. The smallest absolute Gasteiger partial charge is 0.407 e. The average Bonchev–Trinajstić information content (AvgIpc) is 2.35. The van der Waals surface area contributed by atoms with Gasteiger partial charge in [-0.05, 0) is 46.1 Å². The summed E-state index contributed by atoms with van der Waals surface area (Å²) < 4.78 is 5.26. The van der Waals surface area contributed by atoms with E-state index in [1.54, 1.807) is 0 Å². The summed E-state index contributed by atoms with van der Waals surface area (Å²) in [7, 11) is 0. The van der Waals surface area contributed by atoms with Gasteiger partial charge in [-0.3, -0.25) is 0 Å². The summed E-state index contributed by atoms with van der Waals surface area (Å²) in [5, 5.41) is 6.51. The molecule has 2 rings (SSSR count). The number of carbonyl (C=O) groups excluding carboxylic acids is 1. The van der Waals surface area contributed by atoms with E-state index in [9.17, 15) is 4.79 Å². The fraction of sp³-hybridized carbons (Fsp3) is 0.588. The number of hydrogen-bond donors (Lipinski definition) is 2. The van der Waals surface area contributed by atoms with Crippen LogP contribution in [0.1, 0.15) is 52.1 Å². The summed E-state index contributed by atoms with van der Waals surface area (Å²) in [6.45, 7) is 7.79. The van der Waals surface area contributed by atoms with Crippen molar-refractivity contribution in [3.8, 4) is 0 Å². The van der Waals surface area contributed by atoms with Gasteiger partial charge in [0.15, 0.2) is 0 Å². The van der Waals surface area contributed by atoms with Gasteiger partial charge in [-0.1, -0.05) is 30.3 Å². The third kappa shape index (κ3) is 5.05. The fourth-order valence-corrected chi connectivity index (χ4v) is 2.54. The van der Waals surface area contributed by atoms with Crippen molar-refractivity contribution in [2.24, 2.45) is 0 Å². The van der Waals surface area contributed by atoms with E-state index in [1.807, 2.05) is 26.8 Å². The number of benzene rings is 1. The molecule has 0 saturated heterocycles. The van der Waals surface area contributed by atoms with Gasteiger partial charge in [-0.15, -0.1) is 0 Å². The van der Waals surface area contributed by atoms with E-state index >= 15 is 0 Å². The lowest BCUT2D eigenvalue weighted by Gasteiger charge is -2.38. The highest BCUT2D eigenvalue weighted by atomic mass is 16.6. The van der Waals surface area contributed by atoms with E-state index < -0.39 is 5.60 Å². The lowest BCUT2D eigenvalue weighted by atomic mass is 9.86. The predicted octanol–water partition coefficient (Wildman–Crippen LogP) is 3.39. The van der Waals surface area contributed by atoms with Crippen LogP contribution in [-0.2, 0) is 4.74 Å². The van der Waals surface area contributed by atoms with Crippen LogP contribution in [-0.4, -0.2) is 23.8 Å². The zero-order valence-corrected chi connectivity index (χ0v) is 13.3. The molecule has 1 saturated carbocycles. The van der Waals surface area contributed by atoms with Crippen molar-refractivity contribution in [2.45, 2.75) is 64.3 Å². The number of ether oxygens (including phenoxy) is 1. The predicted molar refractivity (Wildman–Crippen MR) is 84.2 cm³/mol. The molecule has 1 aliphatic rings. The van der Waals surface area contributed by atoms with Gasteiger partial charge in [0.1, 0.15) is 5.60 Å². The van der Waals surface area contributed by atoms with Gasteiger partial charge < -0.3 is 15.4 Å². The van der Waals surface area contributed by atoms with Crippen LogP contribution in [0.5, 0.6) is 0 Å². The van der Waals surface area contributed by atoms with Crippen molar-refractivity contribution in [3.63, 3.8) is 0 Å². The number of nitrogens with one attached hydrogen (secondary N) is 2. The minimum Gasteiger partial charge on any atom is -0.444 e. The van der Waals surface area contributed by atoms with Gasteiger partial charge in [0.05, 0.1) is 0 Å². The second-order valence-electron chi connectivity index (χ2n) is 6.81. The zero-order chi connectivity index (χ0) is 15.5. The third-order valence-electron chi connectivity index (χ3n) is 3.64. The molecule has 1 aromatic carbocycles. The quantitative estimate of drug-likeness (QED) is 0.893. The molecule has 1 aliphatic carbocycles. The standard InChI is InChI=1S/C17H26N2O2/c1-12(13-8-6-5-7-9-13)18-14-10-15(11-14)19-16(20)21-17(2,3)4/h5-9,12,14-15,18H,10-11H2,1-4H3,(H,19,20). The molecule has 21 heavy (non-hydrogen) atoms. The minimum atomic E-state index is -0.437. The molecule has 0 spiro atoms. The first-order chi connectivity index (χ1) is 9.83. The molecule has 1 aromatic rings. The van der Waals surface area contributed by atoms with Crippen LogP contribution in [0.25, 0.3) is 0 Å². The van der Waals surface area contributed by atoms with Crippen LogP contribution in [0.15, 0.2) is 30.3 Å². The maximum Gasteiger partial charge on any atom is 0.407 e. The Labute approximate surface area is 127 Å². The summed E-state index contributed by atoms with van der Waals surface area (Å²) in [5.41, 5.74) is 0.855. The van der Waals surface area contributed by atoms with Gasteiger partial charge in [0.2, 0.25) is 0 Å². The first-order valence-corrected chi connectivity index (χ1v) is 7.64. The number of alkyl carbamates (subject to hydrolysis) is 1. The molecule has 4 nitrogen and oxygen atoms in total. The molecule has 1 amide bonds. The Morgan fingerprint density at radius 3 is 2.38 bits per heavy atom. The van der Waals surface area contributed by atoms with Crippen molar-refractivity contribution in [2.75, 3.05) is 0 Å². The summed E-state index contributed by atoms with van der Waals surface area (Å²) in [5.74, 6) is 0. The van der Waals surface area contributed by atoms with Crippen molar-refractivity contribution < 1.29 is 9.53 Å². The number of rotatable bonds is 4. The second-order valence-corrected chi connectivity index (χ2v) is 6.81. The van der Waals surface area contributed by atoms with Crippen molar-refractivity contribution in [1.29, 1.82) is 0 Å². The summed E-state index contributed by atoms with van der Waals surface area (Å²) in [6, 6.07) is 11.4. The van der Waals surface area contributed by atoms with Crippen LogP contribution in [0.2, 0.25) is 0 Å². The van der Waals surface area contributed by atoms with Crippen molar-refractivity contribution in [1.82, 2.24) is 10.6 Å². The Kier molecular flexibility index (Phi) is 4.88. The van der Waals surface area contributed by atoms with Crippen molar-refractivity contribution in [3.05, 3.63) is 35.9 Å². The molecular formula is C17H26N2O2. The molecule has 116 valence electrons. The van der Waals surface area contributed by atoms with Crippen LogP contribution in [0.3, 0.4) is 0 Å². The van der Waals surface area contributed by atoms with Crippen LogP contribution in [0, 0.1) is 0 Å². The Morgan fingerprint density at radius 2 is 1.81 bits per heavy atom. The topological polar surface area (TPSA) is 50.4 Å². The molecule has 1 fully saturated rings. The van der Waals surface area contributed by atoms with E-state index in [2.05, 4.69) is 41.8 Å². The van der Waals surface area contributed by atoms with E-state index in [0.717, 1.165) is 12.8 Å². The van der Waals surface area contributed by atoms with Gasteiger partial charge in [0, 0.05) is 18.1 Å². The highest BCUT2D eigenvalue weighted by molar-refractivity contribution is 5.68. The molecular weight excluding hydrogens is 264 g/mol. The summed E-state index contributed by atoms with van der Waals surface area (Å²) >= 11 is 0. The Bertz CT molecular complexity index is 461. The lowest BCUT2D eigenvalue weighted by molar-refractivity contribution is 0.0463. The third-order valence-corrected chi connectivity index (χ3v) is 3.64. The van der Waals surface area contributed by atoms with E-state index in [0.29, 0.717) is 12.1 Å². The first kappa shape index (κ1) is 15.8. The highest BCUT2D eigenvalue weighted by Crippen LogP contribution is 2.24. The molecule has 2 N–H and O–H groups in total. The molecule has 1 atom stereocenters. The minimum absolute atomic E-state index is 0.223. The van der Waals surface area contributed by atoms with Crippen LogP contribution < -0.4 is 10.6 Å². The van der Waals surface area contributed by atoms with Crippen molar-refractivity contribution >= 4 is 6.09 Å². The molecule has 4 heteroatoms. The van der Waals surface area contributed by atoms with Gasteiger partial charge in [-0.25, -0.2) is 4.79 Å². The molecule has 0 heterocycles. The maximum atomic E-state index is 11.7. The average molecular weight is 290 g/mol. The molecule has 0 radical (unpaired) electrons. The Balaban J connectivity index is 1.69. The van der Waals surface area contributed by atoms with E-state index in [1.165, 1.54) is 5.56 Å². The zero-order valence-electron chi connectivity index (χ0n) is 13.3. The molecule has 1 unspecified atom stereocenters. The normalized spacial score (nSPS) is 23.0. The number of hydrogen-bond acceptors (Lipinski definition) is 3.